The summed E-state index contributed by atoms with van der Waals surface area (Å²) in [6.45, 7) is 2.04. The largest absolute Gasteiger partial charge is 0.452 e. The molecule has 124 valence electrons. The Hall–Kier alpha value is -2.05. The van der Waals surface area contributed by atoms with Crippen LogP contribution in [-0.2, 0) is 6.54 Å². The fraction of sp³-hybridized carbons (Fsp3) is 0.176. The molecule has 2 aromatic heterocycles. The number of carbonyl (C=O) groups is 1. The van der Waals surface area contributed by atoms with Crippen LogP contribution in [0, 0.1) is 6.92 Å². The van der Waals surface area contributed by atoms with Crippen LogP contribution in [0.4, 0.5) is 0 Å². The predicted molar refractivity (Wildman–Crippen MR) is 93.9 cm³/mol. The molecule has 0 saturated heterocycles. The summed E-state index contributed by atoms with van der Waals surface area (Å²) in [6.07, 6.45) is 0. The number of rotatable bonds is 4. The highest BCUT2D eigenvalue weighted by Crippen LogP contribution is 2.31. The van der Waals surface area contributed by atoms with Gasteiger partial charge in [0.05, 0.1) is 11.6 Å². The molecule has 7 heteroatoms. The van der Waals surface area contributed by atoms with E-state index in [0.717, 1.165) is 0 Å². The topological polar surface area (TPSA) is 59.5 Å². The Morgan fingerprint density at radius 2 is 2.04 bits per heavy atom. The molecular weight excluding hydrogens is 396 g/mol. The monoisotopic (exact) mass is 408 g/mol. The van der Waals surface area contributed by atoms with Crippen LogP contribution in [-0.4, -0.2) is 23.0 Å². The zero-order valence-corrected chi connectivity index (χ0v) is 15.4. The lowest BCUT2D eigenvalue weighted by atomic mass is 10.1. The Morgan fingerprint density at radius 3 is 2.71 bits per heavy atom. The van der Waals surface area contributed by atoms with Gasteiger partial charge in [0.1, 0.15) is 22.8 Å². The zero-order chi connectivity index (χ0) is 17.3. The van der Waals surface area contributed by atoms with Crippen LogP contribution in [0.25, 0.3) is 11.3 Å². The minimum Gasteiger partial charge on any atom is -0.452 e. The molecule has 0 aliphatic rings. The van der Waals surface area contributed by atoms with E-state index in [0.29, 0.717) is 44.6 Å². The Labute approximate surface area is 152 Å². The molecule has 0 saturated carbocycles. The number of aryl methyl sites for hydroxylation is 1. The van der Waals surface area contributed by atoms with Crippen molar-refractivity contribution in [3.05, 3.63) is 63.2 Å². The van der Waals surface area contributed by atoms with Gasteiger partial charge in [-0.05, 0) is 41.1 Å². The summed E-state index contributed by atoms with van der Waals surface area (Å²) in [4.78, 5) is 14.4. The molecule has 3 aromatic rings. The highest BCUT2D eigenvalue weighted by atomic mass is 79.9. The minimum absolute atomic E-state index is 0.212. The smallest absolute Gasteiger partial charge is 0.259 e. The van der Waals surface area contributed by atoms with Crippen LogP contribution in [0.2, 0.25) is 5.02 Å². The maximum atomic E-state index is 12.9. The van der Waals surface area contributed by atoms with E-state index < -0.39 is 0 Å². The van der Waals surface area contributed by atoms with Gasteiger partial charge in [-0.2, -0.15) is 0 Å². The summed E-state index contributed by atoms with van der Waals surface area (Å²) < 4.78 is 11.3. The van der Waals surface area contributed by atoms with Crippen LogP contribution in [0.15, 0.2) is 50.0 Å². The molecule has 0 radical (unpaired) electrons. The molecule has 1 amide bonds. The molecule has 5 nitrogen and oxygen atoms in total. The summed E-state index contributed by atoms with van der Waals surface area (Å²) >= 11 is 9.48. The van der Waals surface area contributed by atoms with E-state index >= 15 is 0 Å². The maximum Gasteiger partial charge on any atom is 0.259 e. The molecule has 0 fully saturated rings. The SMILES string of the molecule is Cc1onc(-c2ccccc2Cl)c1C(=O)N(C)Cc1ccc(Br)o1. The van der Waals surface area contributed by atoms with Crippen LogP contribution in [0.5, 0.6) is 0 Å². The van der Waals surface area contributed by atoms with E-state index in [1.165, 1.54) is 0 Å². The zero-order valence-electron chi connectivity index (χ0n) is 13.0. The van der Waals surface area contributed by atoms with Gasteiger partial charge in [0.15, 0.2) is 4.67 Å². The fourth-order valence-corrected chi connectivity index (χ4v) is 2.96. The van der Waals surface area contributed by atoms with Crippen LogP contribution < -0.4 is 0 Å². The Bertz CT molecular complexity index is 888. The Kier molecular flexibility index (Phi) is 4.78. The second-order valence-electron chi connectivity index (χ2n) is 5.31. The van der Waals surface area contributed by atoms with Crippen molar-refractivity contribution in [2.75, 3.05) is 7.05 Å². The lowest BCUT2D eigenvalue weighted by Gasteiger charge is -2.16. The summed E-state index contributed by atoms with van der Waals surface area (Å²) in [5, 5.41) is 4.54. The molecule has 2 heterocycles. The highest BCUT2D eigenvalue weighted by Gasteiger charge is 2.25. The van der Waals surface area contributed by atoms with Gasteiger partial charge < -0.3 is 13.8 Å². The summed E-state index contributed by atoms with van der Waals surface area (Å²) in [7, 11) is 1.70. The van der Waals surface area contributed by atoms with Gasteiger partial charge in [0.25, 0.3) is 5.91 Å². The van der Waals surface area contributed by atoms with Crippen molar-refractivity contribution in [3.63, 3.8) is 0 Å². The first-order valence-corrected chi connectivity index (χ1v) is 8.35. The van der Waals surface area contributed by atoms with Crippen molar-refractivity contribution in [1.82, 2.24) is 10.1 Å². The number of aromatic nitrogens is 1. The lowest BCUT2D eigenvalue weighted by Crippen LogP contribution is -2.26. The first-order chi connectivity index (χ1) is 11.5. The van der Waals surface area contributed by atoms with Crippen molar-refractivity contribution < 1.29 is 13.7 Å². The molecule has 24 heavy (non-hydrogen) atoms. The van der Waals surface area contributed by atoms with E-state index in [9.17, 15) is 4.79 Å². The quantitative estimate of drug-likeness (QED) is 0.613. The van der Waals surface area contributed by atoms with E-state index in [-0.39, 0.29) is 5.91 Å². The lowest BCUT2D eigenvalue weighted by molar-refractivity contribution is 0.0774. The maximum absolute atomic E-state index is 12.9. The van der Waals surface area contributed by atoms with Gasteiger partial charge in [-0.15, -0.1) is 0 Å². The number of hydrogen-bond donors (Lipinski definition) is 0. The van der Waals surface area contributed by atoms with E-state index in [1.807, 2.05) is 18.2 Å². The average Bonchev–Trinajstić information content (AvgIpc) is 3.13. The van der Waals surface area contributed by atoms with Gasteiger partial charge >= 0.3 is 0 Å². The van der Waals surface area contributed by atoms with Crippen molar-refractivity contribution in [2.45, 2.75) is 13.5 Å². The van der Waals surface area contributed by atoms with Crippen molar-refractivity contribution in [3.8, 4) is 11.3 Å². The molecule has 0 aliphatic heterocycles. The first-order valence-electron chi connectivity index (χ1n) is 7.18. The third-order valence-corrected chi connectivity index (χ3v) is 4.33. The number of furan rings is 1. The molecule has 0 atom stereocenters. The van der Waals surface area contributed by atoms with E-state index in [4.69, 9.17) is 20.5 Å². The van der Waals surface area contributed by atoms with Gasteiger partial charge in [0.2, 0.25) is 0 Å². The molecule has 0 bridgehead atoms. The molecule has 3 rings (SSSR count). The Morgan fingerprint density at radius 1 is 1.29 bits per heavy atom. The average molecular weight is 410 g/mol. The molecule has 0 N–H and O–H groups in total. The third-order valence-electron chi connectivity index (χ3n) is 3.57. The predicted octanol–water partition coefficient (Wildman–Crippen LogP) is 4.93. The Balaban J connectivity index is 1.93. The van der Waals surface area contributed by atoms with E-state index in [1.54, 1.807) is 37.1 Å². The fourth-order valence-electron chi connectivity index (χ4n) is 2.39. The summed E-state index contributed by atoms with van der Waals surface area (Å²) in [5.74, 6) is 0.907. The third kappa shape index (κ3) is 3.25. The van der Waals surface area contributed by atoms with Crippen molar-refractivity contribution in [1.29, 1.82) is 0 Å². The number of amides is 1. The van der Waals surface area contributed by atoms with Gasteiger partial charge in [-0.3, -0.25) is 4.79 Å². The second kappa shape index (κ2) is 6.83. The first kappa shape index (κ1) is 16.8. The number of halogens is 2. The summed E-state index contributed by atoms with van der Waals surface area (Å²) in [6, 6.07) is 10.8. The number of benzene rings is 1. The normalized spacial score (nSPS) is 10.8. The van der Waals surface area contributed by atoms with E-state index in [2.05, 4.69) is 21.1 Å². The van der Waals surface area contributed by atoms with Crippen LogP contribution in [0.3, 0.4) is 0 Å². The summed E-state index contributed by atoms with van der Waals surface area (Å²) in [5.41, 5.74) is 1.50. The van der Waals surface area contributed by atoms with Crippen molar-refractivity contribution in [2.24, 2.45) is 0 Å². The number of carbonyl (C=O) groups excluding carboxylic acids is 1. The highest BCUT2D eigenvalue weighted by molar-refractivity contribution is 9.10. The molecular formula is C17H14BrClN2O3. The molecule has 1 aromatic carbocycles. The van der Waals surface area contributed by atoms with Crippen molar-refractivity contribution >= 4 is 33.4 Å². The molecule has 0 unspecified atom stereocenters. The minimum atomic E-state index is -0.212. The number of hydrogen-bond acceptors (Lipinski definition) is 4. The second-order valence-corrected chi connectivity index (χ2v) is 6.50. The molecule has 0 aliphatic carbocycles. The van der Waals surface area contributed by atoms with Gasteiger partial charge in [-0.1, -0.05) is 35.0 Å². The number of nitrogens with zero attached hydrogens (tertiary/aromatic N) is 2. The molecule has 0 spiro atoms. The standard InChI is InChI=1S/C17H14BrClN2O3/c1-10-15(16(20-24-10)12-5-3-4-6-13(12)19)17(22)21(2)9-11-7-8-14(18)23-11/h3-8H,9H2,1-2H3. The van der Waals surface area contributed by atoms with Crippen LogP contribution in [0.1, 0.15) is 21.9 Å². The van der Waals surface area contributed by atoms with Gasteiger partial charge in [-0.25, -0.2) is 0 Å². The van der Waals surface area contributed by atoms with Crippen LogP contribution >= 0.6 is 27.5 Å². The van der Waals surface area contributed by atoms with Gasteiger partial charge in [0, 0.05) is 12.6 Å².